The van der Waals surface area contributed by atoms with Gasteiger partial charge in [-0.15, -0.1) is 0 Å². The molecule has 0 aliphatic carbocycles. The van der Waals surface area contributed by atoms with Gasteiger partial charge in [0.15, 0.2) is 0 Å². The van der Waals surface area contributed by atoms with E-state index in [0.29, 0.717) is 0 Å². The van der Waals surface area contributed by atoms with Crippen molar-refractivity contribution in [2.45, 2.75) is 28.2 Å². The van der Waals surface area contributed by atoms with E-state index in [4.69, 9.17) is 0 Å². The maximum Gasteiger partial charge on any atom is 0.338 e. The van der Waals surface area contributed by atoms with Gasteiger partial charge in [-0.05, 0) is 24.6 Å². The second-order valence-electron chi connectivity index (χ2n) is 3.34. The van der Waals surface area contributed by atoms with Gasteiger partial charge in [0.05, 0.1) is 12.7 Å². The lowest BCUT2D eigenvalue weighted by molar-refractivity contribution is 0.0599. The van der Waals surface area contributed by atoms with E-state index < -0.39 is 17.5 Å². The van der Waals surface area contributed by atoms with Crippen molar-refractivity contribution in [3.63, 3.8) is 0 Å². The third-order valence-corrected chi connectivity index (χ3v) is 3.72. The van der Waals surface area contributed by atoms with Gasteiger partial charge < -0.3 is 4.74 Å². The predicted molar refractivity (Wildman–Crippen MR) is 66.2 cm³/mol. The minimum absolute atomic E-state index is 0.0105. The molecule has 1 aromatic rings. The molecule has 8 heteroatoms. The van der Waals surface area contributed by atoms with Gasteiger partial charge >= 0.3 is 5.97 Å². The van der Waals surface area contributed by atoms with Crippen LogP contribution in [0.3, 0.4) is 0 Å². The van der Waals surface area contributed by atoms with Crippen molar-refractivity contribution in [1.82, 2.24) is 0 Å². The number of carbonyl (C=O) groups excluding carboxylic acids is 1. The molecule has 0 saturated heterocycles. The number of halogens is 4. The summed E-state index contributed by atoms with van der Waals surface area (Å²) < 4.78 is 54.0. The van der Waals surface area contributed by atoms with Crippen LogP contribution in [-0.2, 0) is 4.74 Å². The van der Waals surface area contributed by atoms with Gasteiger partial charge in [-0.3, -0.25) is 0 Å². The molecule has 0 atom stereocenters. The lowest BCUT2D eigenvalue weighted by atomic mass is 10.1. The summed E-state index contributed by atoms with van der Waals surface area (Å²) in [6, 6.07) is 2.43. The summed E-state index contributed by atoms with van der Waals surface area (Å²) in [7, 11) is 1.13. The summed E-state index contributed by atoms with van der Waals surface area (Å²) in [5.74, 6) is -6.14. The van der Waals surface area contributed by atoms with Crippen LogP contribution < -0.4 is 0 Å². The minimum Gasteiger partial charge on any atom is -0.465 e. The first-order chi connectivity index (χ1) is 8.85. The second kappa shape index (κ2) is 7.04. The number of methoxy groups -OCH3 is 1. The topological polar surface area (TPSA) is 26.3 Å². The van der Waals surface area contributed by atoms with Gasteiger partial charge in [0, 0.05) is 9.79 Å². The number of ether oxygens (including phenoxy) is 1. The third-order valence-electron chi connectivity index (χ3n) is 2.18. The zero-order valence-corrected chi connectivity index (χ0v) is 11.6. The molecule has 1 rings (SSSR count). The monoisotopic (exact) mass is 314 g/mol. The zero-order chi connectivity index (χ0) is 14.6. The average molecular weight is 314 g/mol. The Morgan fingerprint density at radius 3 is 2.21 bits per heavy atom. The van der Waals surface area contributed by atoms with E-state index in [1.807, 2.05) is 0 Å². The molecule has 2 nitrogen and oxygen atoms in total. The van der Waals surface area contributed by atoms with Crippen LogP contribution in [-0.4, -0.2) is 24.6 Å². The van der Waals surface area contributed by atoms with Gasteiger partial charge in [0.2, 0.25) is 0 Å². The van der Waals surface area contributed by atoms with E-state index in [-0.39, 0.29) is 44.4 Å². The van der Waals surface area contributed by atoms with E-state index in [1.165, 1.54) is 19.1 Å². The SMILES string of the molecule is COC(=O)c1cc(SC(F)F)cc(SC(F)F)c1C. The molecule has 0 radical (unpaired) electrons. The summed E-state index contributed by atoms with van der Waals surface area (Å²) in [5, 5.41) is 0. The summed E-state index contributed by atoms with van der Waals surface area (Å²) in [4.78, 5) is 11.6. The molecule has 0 aliphatic heterocycles. The van der Waals surface area contributed by atoms with Gasteiger partial charge in [0.25, 0.3) is 11.5 Å². The van der Waals surface area contributed by atoms with Crippen LogP contribution >= 0.6 is 23.5 Å². The molecule has 0 spiro atoms. The molecule has 0 aromatic heterocycles. The molecule has 0 heterocycles. The number of esters is 1. The molecule has 0 bridgehead atoms. The van der Waals surface area contributed by atoms with Crippen molar-refractivity contribution in [3.8, 4) is 0 Å². The second-order valence-corrected chi connectivity index (χ2v) is 5.44. The van der Waals surface area contributed by atoms with Crippen LogP contribution in [0.1, 0.15) is 15.9 Å². The lowest BCUT2D eigenvalue weighted by Crippen LogP contribution is -2.05. The first kappa shape index (κ1) is 16.2. The maximum absolute atomic E-state index is 12.4. The van der Waals surface area contributed by atoms with Crippen molar-refractivity contribution in [3.05, 3.63) is 23.3 Å². The third kappa shape index (κ3) is 4.61. The Labute approximate surface area is 115 Å². The van der Waals surface area contributed by atoms with Crippen LogP contribution in [0.4, 0.5) is 17.6 Å². The maximum atomic E-state index is 12.4. The van der Waals surface area contributed by atoms with Gasteiger partial charge in [-0.1, -0.05) is 23.5 Å². The summed E-state index contributed by atoms with van der Waals surface area (Å²) in [5.41, 5.74) is 0.298. The molecule has 0 saturated carbocycles. The number of rotatable bonds is 5. The van der Waals surface area contributed by atoms with E-state index in [9.17, 15) is 22.4 Å². The Balaban J connectivity index is 3.25. The standard InChI is InChI=1S/C11H10F4O2S2/c1-5-7(9(16)17-2)3-6(18-10(12)13)4-8(5)19-11(14)15/h3-4,10-11H,1-2H3. The first-order valence-corrected chi connectivity index (χ1v) is 6.73. The molecule has 0 amide bonds. The molecular formula is C11H10F4O2S2. The number of hydrogen-bond donors (Lipinski definition) is 0. The van der Waals surface area contributed by atoms with Crippen molar-refractivity contribution in [2.75, 3.05) is 7.11 Å². The molecule has 0 unspecified atom stereocenters. The molecule has 0 N–H and O–H groups in total. The highest BCUT2D eigenvalue weighted by atomic mass is 32.2. The Morgan fingerprint density at radius 2 is 1.74 bits per heavy atom. The van der Waals surface area contributed by atoms with E-state index >= 15 is 0 Å². The Hall–Kier alpha value is -0.890. The van der Waals surface area contributed by atoms with Crippen molar-refractivity contribution >= 4 is 29.5 Å². The fourth-order valence-electron chi connectivity index (χ4n) is 1.37. The predicted octanol–water partition coefficient (Wildman–Crippen LogP) is 4.41. The Kier molecular flexibility index (Phi) is 5.99. The van der Waals surface area contributed by atoms with Gasteiger partial charge in [-0.25, -0.2) is 4.79 Å². The van der Waals surface area contributed by atoms with E-state index in [0.717, 1.165) is 7.11 Å². The van der Waals surface area contributed by atoms with Crippen molar-refractivity contribution < 1.29 is 27.1 Å². The number of thioether (sulfide) groups is 2. The van der Waals surface area contributed by atoms with Gasteiger partial charge in [-0.2, -0.15) is 17.6 Å². The average Bonchev–Trinajstić information content (AvgIpc) is 2.30. The van der Waals surface area contributed by atoms with Crippen LogP contribution in [0.25, 0.3) is 0 Å². The fourth-order valence-corrected chi connectivity index (χ4v) is 2.70. The normalized spacial score (nSPS) is 11.2. The van der Waals surface area contributed by atoms with Crippen molar-refractivity contribution in [2.24, 2.45) is 0 Å². The largest absolute Gasteiger partial charge is 0.465 e. The molecule has 0 aliphatic rings. The summed E-state index contributed by atoms with van der Waals surface area (Å²) in [6.07, 6.45) is 0. The number of alkyl halides is 4. The highest BCUT2D eigenvalue weighted by molar-refractivity contribution is 8.00. The number of carbonyl (C=O) groups is 1. The first-order valence-electron chi connectivity index (χ1n) is 4.97. The number of hydrogen-bond acceptors (Lipinski definition) is 4. The summed E-state index contributed by atoms with van der Waals surface area (Å²) >= 11 is 0.400. The minimum atomic E-state index is -2.70. The molecule has 1 aromatic carbocycles. The fraction of sp³-hybridized carbons (Fsp3) is 0.364. The van der Waals surface area contributed by atoms with Crippen LogP contribution in [0, 0.1) is 6.92 Å². The number of benzene rings is 1. The molecule has 19 heavy (non-hydrogen) atoms. The molecule has 106 valence electrons. The van der Waals surface area contributed by atoms with Crippen LogP contribution in [0.5, 0.6) is 0 Å². The quantitative estimate of drug-likeness (QED) is 0.457. The Morgan fingerprint density at radius 1 is 1.16 bits per heavy atom. The highest BCUT2D eigenvalue weighted by Crippen LogP contribution is 2.36. The molecular weight excluding hydrogens is 304 g/mol. The lowest BCUT2D eigenvalue weighted by Gasteiger charge is -2.12. The Bertz CT molecular complexity index is 466. The van der Waals surface area contributed by atoms with E-state index in [2.05, 4.69) is 4.74 Å². The van der Waals surface area contributed by atoms with Crippen LogP contribution in [0.15, 0.2) is 21.9 Å². The smallest absolute Gasteiger partial charge is 0.338 e. The molecule has 0 fully saturated rings. The van der Waals surface area contributed by atoms with Gasteiger partial charge in [0.1, 0.15) is 0 Å². The van der Waals surface area contributed by atoms with Crippen LogP contribution in [0.2, 0.25) is 0 Å². The zero-order valence-electron chi connectivity index (χ0n) is 9.95. The summed E-state index contributed by atoms with van der Waals surface area (Å²) in [6.45, 7) is 1.47. The van der Waals surface area contributed by atoms with Crippen molar-refractivity contribution in [1.29, 1.82) is 0 Å². The van der Waals surface area contributed by atoms with E-state index in [1.54, 1.807) is 0 Å². The highest BCUT2D eigenvalue weighted by Gasteiger charge is 2.19.